The van der Waals surface area contributed by atoms with Gasteiger partial charge in [0.15, 0.2) is 0 Å². The largest absolute Gasteiger partial charge is 0.495 e. The number of sulfonamides is 2. The van der Waals surface area contributed by atoms with E-state index in [1.165, 1.54) is 43.5 Å². The molecule has 0 fully saturated rings. The molecule has 0 atom stereocenters. The monoisotopic (exact) mass is 565 g/mol. The number of carbonyl (C=O) groups is 1. The highest BCUT2D eigenvalue weighted by molar-refractivity contribution is 7.93. The van der Waals surface area contributed by atoms with E-state index in [2.05, 4.69) is 10.0 Å². The number of rotatable bonds is 10. The summed E-state index contributed by atoms with van der Waals surface area (Å²) in [5.74, 6) is -0.351. The van der Waals surface area contributed by atoms with Gasteiger partial charge in [0.25, 0.3) is 20.0 Å². The number of methoxy groups -OCH3 is 1. The Balaban J connectivity index is 1.56. The summed E-state index contributed by atoms with van der Waals surface area (Å²) in [6, 6.07) is 26.8. The van der Waals surface area contributed by atoms with Crippen LogP contribution in [0.4, 0.5) is 17.1 Å². The number of amides is 1. The first-order chi connectivity index (χ1) is 18.6. The fourth-order valence-electron chi connectivity index (χ4n) is 3.74. The molecule has 39 heavy (non-hydrogen) atoms. The molecule has 0 aliphatic heterocycles. The van der Waals surface area contributed by atoms with Crippen molar-refractivity contribution in [1.82, 2.24) is 0 Å². The molecule has 4 rings (SSSR count). The summed E-state index contributed by atoms with van der Waals surface area (Å²) in [6.07, 6.45) is 0. The molecule has 2 N–H and O–H groups in total. The molecule has 1 amide bonds. The third-order valence-electron chi connectivity index (χ3n) is 5.72. The van der Waals surface area contributed by atoms with Gasteiger partial charge >= 0.3 is 0 Å². The molecule has 0 aromatic heterocycles. The maximum Gasteiger partial charge on any atom is 0.264 e. The van der Waals surface area contributed by atoms with Crippen molar-refractivity contribution in [2.24, 2.45) is 0 Å². The molecule has 0 saturated heterocycles. The third kappa shape index (κ3) is 6.57. The van der Waals surface area contributed by atoms with Crippen LogP contribution >= 0.6 is 0 Å². The fourth-order valence-corrected chi connectivity index (χ4v) is 6.23. The van der Waals surface area contributed by atoms with Gasteiger partial charge in [0.2, 0.25) is 5.91 Å². The highest BCUT2D eigenvalue weighted by atomic mass is 32.2. The van der Waals surface area contributed by atoms with Gasteiger partial charge in [-0.05, 0) is 67.6 Å². The van der Waals surface area contributed by atoms with Gasteiger partial charge in [-0.15, -0.1) is 0 Å². The number of anilines is 3. The van der Waals surface area contributed by atoms with E-state index in [4.69, 9.17) is 4.74 Å². The molecular formula is C28H27N3O6S2. The second kappa shape index (κ2) is 11.6. The van der Waals surface area contributed by atoms with Crippen molar-refractivity contribution >= 4 is 43.0 Å². The lowest BCUT2D eigenvalue weighted by Crippen LogP contribution is -2.38. The molecule has 202 valence electrons. The first-order valence-electron chi connectivity index (χ1n) is 11.8. The minimum absolute atomic E-state index is 0.00180. The van der Waals surface area contributed by atoms with Crippen molar-refractivity contribution in [2.75, 3.05) is 28.0 Å². The summed E-state index contributed by atoms with van der Waals surface area (Å²) >= 11 is 0. The molecule has 0 radical (unpaired) electrons. The summed E-state index contributed by atoms with van der Waals surface area (Å²) in [6.45, 7) is 1.29. The van der Waals surface area contributed by atoms with Crippen molar-refractivity contribution in [2.45, 2.75) is 16.7 Å². The second-order valence-corrected chi connectivity index (χ2v) is 12.1. The molecule has 0 heterocycles. The van der Waals surface area contributed by atoms with E-state index in [9.17, 15) is 21.6 Å². The van der Waals surface area contributed by atoms with E-state index in [1.807, 2.05) is 6.92 Å². The maximum absolute atomic E-state index is 13.6. The lowest BCUT2D eigenvalue weighted by Gasteiger charge is -2.25. The number of ether oxygens (including phenoxy) is 1. The van der Waals surface area contributed by atoms with Crippen LogP contribution in [0, 0.1) is 6.92 Å². The average Bonchev–Trinajstić information content (AvgIpc) is 2.92. The van der Waals surface area contributed by atoms with Crippen molar-refractivity contribution in [3.63, 3.8) is 0 Å². The molecule has 9 nitrogen and oxygen atoms in total. The average molecular weight is 566 g/mol. The van der Waals surface area contributed by atoms with Gasteiger partial charge in [0.05, 0.1) is 22.6 Å². The lowest BCUT2D eigenvalue weighted by molar-refractivity contribution is -0.114. The quantitative estimate of drug-likeness (QED) is 0.289. The lowest BCUT2D eigenvalue weighted by atomic mass is 10.2. The Morgan fingerprint density at radius 3 is 1.97 bits per heavy atom. The van der Waals surface area contributed by atoms with Crippen LogP contribution in [0.3, 0.4) is 0 Å². The first kappa shape index (κ1) is 27.7. The van der Waals surface area contributed by atoms with E-state index in [1.54, 1.807) is 66.7 Å². The van der Waals surface area contributed by atoms with Crippen LogP contribution in [0.25, 0.3) is 0 Å². The predicted molar refractivity (Wildman–Crippen MR) is 151 cm³/mol. The Morgan fingerprint density at radius 2 is 1.33 bits per heavy atom. The molecule has 0 spiro atoms. The SMILES string of the molecule is COc1ccccc1N(CC(=O)Nc1ccc(S(=O)(=O)Nc2ccccc2)cc1)S(=O)(=O)c1ccc(C)cc1. The predicted octanol–water partition coefficient (Wildman–Crippen LogP) is 4.64. The Bertz CT molecular complexity index is 1660. The molecule has 0 aliphatic carbocycles. The number of hydrogen-bond acceptors (Lipinski definition) is 6. The zero-order valence-electron chi connectivity index (χ0n) is 21.2. The van der Waals surface area contributed by atoms with Gasteiger partial charge in [0, 0.05) is 11.4 Å². The molecule has 4 aromatic carbocycles. The summed E-state index contributed by atoms with van der Waals surface area (Å²) in [4.78, 5) is 13.1. The minimum atomic E-state index is -4.14. The number of aryl methyl sites for hydroxylation is 1. The van der Waals surface area contributed by atoms with Crippen molar-refractivity contribution in [3.8, 4) is 5.75 Å². The van der Waals surface area contributed by atoms with Gasteiger partial charge in [-0.1, -0.05) is 48.0 Å². The highest BCUT2D eigenvalue weighted by Crippen LogP contribution is 2.32. The van der Waals surface area contributed by atoms with E-state index in [0.29, 0.717) is 11.4 Å². The van der Waals surface area contributed by atoms with Crippen LogP contribution in [0.5, 0.6) is 5.75 Å². The molecule has 11 heteroatoms. The molecule has 0 bridgehead atoms. The van der Waals surface area contributed by atoms with Gasteiger partial charge < -0.3 is 10.1 Å². The van der Waals surface area contributed by atoms with E-state index in [0.717, 1.165) is 9.87 Å². The smallest absolute Gasteiger partial charge is 0.264 e. The molecule has 0 unspecified atom stereocenters. The van der Waals surface area contributed by atoms with Crippen LogP contribution in [-0.2, 0) is 24.8 Å². The van der Waals surface area contributed by atoms with Crippen LogP contribution in [0.2, 0.25) is 0 Å². The van der Waals surface area contributed by atoms with Crippen LogP contribution < -0.4 is 19.1 Å². The Morgan fingerprint density at radius 1 is 0.744 bits per heavy atom. The number of nitrogens with one attached hydrogen (secondary N) is 2. The second-order valence-electron chi connectivity index (χ2n) is 8.54. The van der Waals surface area contributed by atoms with Gasteiger partial charge in [0.1, 0.15) is 12.3 Å². The standard InChI is InChI=1S/C28H27N3O6S2/c1-21-12-16-25(17-13-21)39(35,36)31(26-10-6-7-11-27(26)37-2)20-28(32)29-22-14-18-24(19-15-22)38(33,34)30-23-8-4-3-5-9-23/h3-19,30H,20H2,1-2H3,(H,29,32). The van der Waals surface area contributed by atoms with Gasteiger partial charge in [-0.25, -0.2) is 16.8 Å². The van der Waals surface area contributed by atoms with Gasteiger partial charge in [-0.2, -0.15) is 0 Å². The third-order valence-corrected chi connectivity index (χ3v) is 8.90. The number of carbonyl (C=O) groups excluding carboxylic acids is 1. The van der Waals surface area contributed by atoms with Crippen molar-refractivity contribution in [1.29, 1.82) is 0 Å². The number of nitrogens with zero attached hydrogens (tertiary/aromatic N) is 1. The highest BCUT2D eigenvalue weighted by Gasteiger charge is 2.29. The van der Waals surface area contributed by atoms with E-state index in [-0.39, 0.29) is 21.2 Å². The topological polar surface area (TPSA) is 122 Å². The van der Waals surface area contributed by atoms with Crippen LogP contribution in [0.15, 0.2) is 113 Å². The number of benzene rings is 4. The summed E-state index contributed by atoms with van der Waals surface area (Å²) in [5, 5.41) is 2.64. The zero-order chi connectivity index (χ0) is 28.0. The normalized spacial score (nSPS) is 11.4. The van der Waals surface area contributed by atoms with Gasteiger partial charge in [-0.3, -0.25) is 13.8 Å². The first-order valence-corrected chi connectivity index (χ1v) is 14.7. The van der Waals surface area contributed by atoms with Crippen LogP contribution in [0.1, 0.15) is 5.56 Å². The van der Waals surface area contributed by atoms with Crippen molar-refractivity contribution in [3.05, 3.63) is 109 Å². The Hall–Kier alpha value is -4.35. The number of para-hydroxylation sites is 3. The summed E-state index contributed by atoms with van der Waals surface area (Å²) in [5.41, 5.74) is 1.80. The molecular weight excluding hydrogens is 538 g/mol. The minimum Gasteiger partial charge on any atom is -0.495 e. The van der Waals surface area contributed by atoms with Crippen LogP contribution in [-0.4, -0.2) is 36.4 Å². The molecule has 0 saturated carbocycles. The molecule has 4 aromatic rings. The van der Waals surface area contributed by atoms with E-state index >= 15 is 0 Å². The van der Waals surface area contributed by atoms with E-state index < -0.39 is 32.5 Å². The maximum atomic E-state index is 13.6. The Kier molecular flexibility index (Phi) is 8.22. The Labute approximate surface area is 228 Å². The zero-order valence-corrected chi connectivity index (χ0v) is 22.9. The molecule has 0 aliphatic rings. The fraction of sp³-hybridized carbons (Fsp3) is 0.107. The number of hydrogen-bond donors (Lipinski definition) is 2. The summed E-state index contributed by atoms with van der Waals surface area (Å²) in [7, 11) is -6.57. The van der Waals surface area contributed by atoms with Crippen molar-refractivity contribution < 1.29 is 26.4 Å². The summed E-state index contributed by atoms with van der Waals surface area (Å²) < 4.78 is 61.4.